The van der Waals surface area contributed by atoms with E-state index < -0.39 is 6.17 Å². The predicted octanol–water partition coefficient (Wildman–Crippen LogP) is 0.0391. The smallest absolute Gasteiger partial charge is 0.114 e. The molecule has 0 amide bonds. The molecule has 0 aromatic rings. The summed E-state index contributed by atoms with van der Waals surface area (Å²) in [5.74, 6) is 0. The van der Waals surface area contributed by atoms with Crippen molar-refractivity contribution >= 4 is 0 Å². The predicted molar refractivity (Wildman–Crippen MR) is 46.3 cm³/mol. The Balaban J connectivity index is 1.83. The second-order valence-electron chi connectivity index (χ2n) is 4.27. The van der Waals surface area contributed by atoms with E-state index in [0.29, 0.717) is 26.2 Å². The number of alkyl halides is 1. The Hall–Kier alpha value is -0.190. The van der Waals surface area contributed by atoms with Crippen molar-refractivity contribution in [2.75, 3.05) is 39.5 Å². The highest BCUT2D eigenvalue weighted by molar-refractivity contribution is 4.90. The van der Waals surface area contributed by atoms with Crippen molar-refractivity contribution in [1.82, 2.24) is 4.90 Å². The maximum absolute atomic E-state index is 12.8. The van der Waals surface area contributed by atoms with Crippen LogP contribution in [0.1, 0.15) is 6.42 Å². The Morgan fingerprint density at radius 1 is 1.54 bits per heavy atom. The van der Waals surface area contributed by atoms with Crippen LogP contribution < -0.4 is 0 Å². The highest BCUT2D eigenvalue weighted by Gasteiger charge is 2.40. The Bertz CT molecular complexity index is 179. The molecular weight excluding hydrogens is 173 g/mol. The Morgan fingerprint density at radius 3 is 2.69 bits per heavy atom. The Labute approximate surface area is 77.5 Å². The lowest BCUT2D eigenvalue weighted by Crippen LogP contribution is -2.52. The molecule has 2 saturated heterocycles. The van der Waals surface area contributed by atoms with Gasteiger partial charge in [0.2, 0.25) is 0 Å². The maximum atomic E-state index is 12.8. The Morgan fingerprint density at radius 2 is 2.31 bits per heavy atom. The van der Waals surface area contributed by atoms with Crippen molar-refractivity contribution in [3.05, 3.63) is 0 Å². The van der Waals surface area contributed by atoms with Gasteiger partial charge in [-0.3, -0.25) is 4.90 Å². The normalized spacial score (nSPS) is 33.2. The Kier molecular flexibility index (Phi) is 2.53. The fraction of sp³-hybridized carbons (Fsp3) is 1.00. The first-order valence-electron chi connectivity index (χ1n) is 4.79. The van der Waals surface area contributed by atoms with Gasteiger partial charge in [-0.05, 0) is 6.42 Å². The number of ether oxygens (including phenoxy) is 1. The van der Waals surface area contributed by atoms with E-state index >= 15 is 0 Å². The third kappa shape index (κ3) is 1.85. The van der Waals surface area contributed by atoms with Crippen LogP contribution in [0.4, 0.5) is 4.39 Å². The van der Waals surface area contributed by atoms with E-state index in [0.717, 1.165) is 13.1 Å². The first-order chi connectivity index (χ1) is 6.24. The van der Waals surface area contributed by atoms with Crippen molar-refractivity contribution < 1.29 is 14.2 Å². The van der Waals surface area contributed by atoms with Gasteiger partial charge in [-0.25, -0.2) is 4.39 Å². The van der Waals surface area contributed by atoms with Crippen LogP contribution >= 0.6 is 0 Å². The van der Waals surface area contributed by atoms with E-state index in [1.807, 2.05) is 0 Å². The molecule has 2 aliphatic rings. The fourth-order valence-electron chi connectivity index (χ4n) is 2.03. The van der Waals surface area contributed by atoms with Gasteiger partial charge in [-0.15, -0.1) is 0 Å². The zero-order chi connectivity index (χ0) is 9.31. The van der Waals surface area contributed by atoms with E-state index in [4.69, 9.17) is 9.84 Å². The molecule has 0 aromatic heterocycles. The van der Waals surface area contributed by atoms with Crippen LogP contribution in [0.15, 0.2) is 0 Å². The lowest BCUT2D eigenvalue weighted by Gasteiger charge is -2.42. The average Bonchev–Trinajstić information content (AvgIpc) is 2.44. The largest absolute Gasteiger partial charge is 0.396 e. The molecule has 3 nitrogen and oxygen atoms in total. The summed E-state index contributed by atoms with van der Waals surface area (Å²) in [7, 11) is 0. The number of hydrogen-bond donors (Lipinski definition) is 1. The minimum absolute atomic E-state index is 0.0932. The lowest BCUT2D eigenvalue weighted by molar-refractivity contribution is -0.146. The summed E-state index contributed by atoms with van der Waals surface area (Å²) in [4.78, 5) is 2.09. The lowest BCUT2D eigenvalue weighted by atomic mass is 9.86. The maximum Gasteiger partial charge on any atom is 0.114 e. The van der Waals surface area contributed by atoms with Gasteiger partial charge in [-0.2, -0.15) is 0 Å². The van der Waals surface area contributed by atoms with Crippen LogP contribution in [0.3, 0.4) is 0 Å². The van der Waals surface area contributed by atoms with Crippen molar-refractivity contribution in [3.8, 4) is 0 Å². The zero-order valence-corrected chi connectivity index (χ0v) is 7.71. The molecule has 1 N–H and O–H groups in total. The molecule has 2 heterocycles. The van der Waals surface area contributed by atoms with Crippen LogP contribution in [-0.4, -0.2) is 55.6 Å². The molecule has 0 bridgehead atoms. The summed E-state index contributed by atoms with van der Waals surface area (Å²) in [5.41, 5.74) is -0.0932. The summed E-state index contributed by atoms with van der Waals surface area (Å²) < 4.78 is 17.9. The van der Waals surface area contributed by atoms with Gasteiger partial charge in [0.05, 0.1) is 25.2 Å². The van der Waals surface area contributed by atoms with E-state index in [-0.39, 0.29) is 12.0 Å². The molecule has 13 heavy (non-hydrogen) atoms. The molecule has 2 rings (SSSR count). The summed E-state index contributed by atoms with van der Waals surface area (Å²) in [5, 5.41) is 9.16. The van der Waals surface area contributed by atoms with Crippen LogP contribution in [-0.2, 0) is 4.74 Å². The van der Waals surface area contributed by atoms with Gasteiger partial charge >= 0.3 is 0 Å². The van der Waals surface area contributed by atoms with E-state index in [1.165, 1.54) is 0 Å². The number of rotatable bonds is 3. The minimum Gasteiger partial charge on any atom is -0.396 e. The van der Waals surface area contributed by atoms with Crippen LogP contribution in [0.5, 0.6) is 0 Å². The molecule has 0 aliphatic carbocycles. The molecule has 0 unspecified atom stereocenters. The number of aliphatic hydroxyl groups is 1. The number of hydrogen-bond acceptors (Lipinski definition) is 3. The quantitative estimate of drug-likeness (QED) is 0.680. The van der Waals surface area contributed by atoms with E-state index in [1.54, 1.807) is 0 Å². The van der Waals surface area contributed by atoms with Gasteiger partial charge in [0.15, 0.2) is 0 Å². The molecule has 0 aromatic carbocycles. The first kappa shape index (κ1) is 9.37. The van der Waals surface area contributed by atoms with Crippen LogP contribution in [0.2, 0.25) is 0 Å². The number of likely N-dealkylation sites (tertiary alicyclic amines) is 1. The van der Waals surface area contributed by atoms with Crippen molar-refractivity contribution in [2.45, 2.75) is 12.6 Å². The standard InChI is InChI=1S/C9H16FNO2/c10-8-1-2-11(3-8)4-9(5-12)6-13-7-9/h8,12H,1-7H2/t8-/m1/s1. The van der Waals surface area contributed by atoms with Crippen LogP contribution in [0, 0.1) is 5.41 Å². The molecule has 0 radical (unpaired) electrons. The van der Waals surface area contributed by atoms with Gasteiger partial charge in [0.1, 0.15) is 6.17 Å². The number of halogens is 1. The first-order valence-corrected chi connectivity index (χ1v) is 4.79. The molecule has 4 heteroatoms. The third-order valence-electron chi connectivity index (χ3n) is 2.93. The highest BCUT2D eigenvalue weighted by Crippen LogP contribution is 2.29. The molecule has 1 atom stereocenters. The minimum atomic E-state index is -0.670. The van der Waals surface area contributed by atoms with Gasteiger partial charge < -0.3 is 9.84 Å². The zero-order valence-electron chi connectivity index (χ0n) is 7.71. The third-order valence-corrected chi connectivity index (χ3v) is 2.93. The second-order valence-corrected chi connectivity index (χ2v) is 4.27. The van der Waals surface area contributed by atoms with Crippen molar-refractivity contribution in [3.63, 3.8) is 0 Å². The van der Waals surface area contributed by atoms with Crippen LogP contribution in [0.25, 0.3) is 0 Å². The van der Waals surface area contributed by atoms with E-state index in [9.17, 15) is 4.39 Å². The average molecular weight is 189 g/mol. The summed E-state index contributed by atoms with van der Waals surface area (Å²) in [6.07, 6.45) is -0.0285. The molecular formula is C9H16FNO2. The monoisotopic (exact) mass is 189 g/mol. The van der Waals surface area contributed by atoms with Crippen molar-refractivity contribution in [2.24, 2.45) is 5.41 Å². The van der Waals surface area contributed by atoms with Gasteiger partial charge in [-0.1, -0.05) is 0 Å². The SMILES string of the molecule is OCC1(CN2CC[C@@H](F)C2)COC1. The summed E-state index contributed by atoms with van der Waals surface area (Å²) in [6, 6.07) is 0. The molecule has 2 aliphatic heterocycles. The number of nitrogens with zero attached hydrogens (tertiary/aromatic N) is 1. The van der Waals surface area contributed by atoms with E-state index in [2.05, 4.69) is 4.90 Å². The van der Waals surface area contributed by atoms with Gasteiger partial charge in [0.25, 0.3) is 0 Å². The molecule has 76 valence electrons. The molecule has 0 saturated carbocycles. The molecule has 2 fully saturated rings. The molecule has 0 spiro atoms. The summed E-state index contributed by atoms with van der Waals surface area (Å²) >= 11 is 0. The second kappa shape index (κ2) is 3.52. The number of aliphatic hydroxyl groups excluding tert-OH is 1. The fourth-order valence-corrected chi connectivity index (χ4v) is 2.03. The highest BCUT2D eigenvalue weighted by atomic mass is 19.1. The van der Waals surface area contributed by atoms with Gasteiger partial charge in [0, 0.05) is 19.6 Å². The van der Waals surface area contributed by atoms with Crippen molar-refractivity contribution in [1.29, 1.82) is 0 Å². The topological polar surface area (TPSA) is 32.7 Å². The summed E-state index contributed by atoms with van der Waals surface area (Å²) in [6.45, 7) is 3.53.